The minimum absolute atomic E-state index is 0. The van der Waals surface area contributed by atoms with Crippen molar-refractivity contribution in [1.29, 1.82) is 0 Å². The molecule has 0 radical (unpaired) electrons. The maximum Gasteiger partial charge on any atom is 1.00 e. The molecule has 41 heavy (non-hydrogen) atoms. The second kappa shape index (κ2) is 32.5. The Kier molecular flexibility index (Phi) is 36.8. The van der Waals surface area contributed by atoms with E-state index in [4.69, 9.17) is 9.47 Å². The first-order valence-corrected chi connectivity index (χ1v) is 17.2. The van der Waals surface area contributed by atoms with Gasteiger partial charge in [0, 0.05) is 25.5 Å². The van der Waals surface area contributed by atoms with Crippen LogP contribution in [0.25, 0.3) is 0 Å². The van der Waals surface area contributed by atoms with Crippen LogP contribution in [0, 0.1) is 0 Å². The van der Waals surface area contributed by atoms with Gasteiger partial charge in [-0.15, -0.1) is 0 Å². The first kappa shape index (κ1) is 46.5. The van der Waals surface area contributed by atoms with Crippen molar-refractivity contribution in [2.24, 2.45) is 0 Å². The molecule has 0 aromatic carbocycles. The van der Waals surface area contributed by atoms with Crippen LogP contribution in [-0.2, 0) is 32.9 Å². The average Bonchev–Trinajstić information content (AvgIpc) is 2.87. The molecular formula is C28H51Na2O9PS. The Morgan fingerprint density at radius 2 is 1.12 bits per heavy atom. The normalized spacial score (nSPS) is 11.7. The first-order chi connectivity index (χ1) is 18.6. The van der Waals surface area contributed by atoms with Gasteiger partial charge in [-0.25, -0.2) is 0 Å². The van der Waals surface area contributed by atoms with Crippen LogP contribution in [0.3, 0.4) is 0 Å². The summed E-state index contributed by atoms with van der Waals surface area (Å²) in [5.74, 6) is -0.180. The van der Waals surface area contributed by atoms with E-state index in [0.717, 1.165) is 57.1 Å². The molecular weight excluding hydrogens is 589 g/mol. The summed E-state index contributed by atoms with van der Waals surface area (Å²) in [5.41, 5.74) is 0. The van der Waals surface area contributed by atoms with Crippen LogP contribution in [0.1, 0.15) is 136 Å². The van der Waals surface area contributed by atoms with Crippen LogP contribution in [0.15, 0.2) is 0 Å². The Hall–Kier alpha value is 1.07. The zero-order chi connectivity index (χ0) is 29.2. The minimum atomic E-state index is -5.25. The number of carbonyl (C=O) groups excluding carboxylic acids is 3. The van der Waals surface area contributed by atoms with Crippen LogP contribution < -0.4 is 68.9 Å². The number of rotatable bonds is 27. The molecule has 0 aliphatic heterocycles. The first-order valence-electron chi connectivity index (χ1n) is 14.8. The molecule has 13 heteroatoms. The van der Waals surface area contributed by atoms with Gasteiger partial charge in [0.25, 0.3) is 0 Å². The van der Waals surface area contributed by atoms with Gasteiger partial charge in [-0.1, -0.05) is 109 Å². The van der Waals surface area contributed by atoms with Crippen molar-refractivity contribution in [3.05, 3.63) is 0 Å². The Labute approximate surface area is 297 Å². The predicted octanol–water partition coefficient (Wildman–Crippen LogP) is 0.00620. The Balaban J connectivity index is -0.00000722. The van der Waals surface area contributed by atoms with Crippen molar-refractivity contribution in [3.63, 3.8) is 0 Å². The minimum Gasteiger partial charge on any atom is -0.790 e. The molecule has 0 aliphatic rings. The SMILES string of the molecule is CCCCCCCCCCCCCC(=O)O[C@H](COC(=O)CCCCCCCCSC(C)=O)COP(=O)([O-])[O-].[Na+].[Na+]. The van der Waals surface area contributed by atoms with Gasteiger partial charge < -0.3 is 28.3 Å². The Bertz CT molecular complexity index is 695. The summed E-state index contributed by atoms with van der Waals surface area (Å²) in [6, 6.07) is 0. The van der Waals surface area contributed by atoms with E-state index in [2.05, 4.69) is 11.4 Å². The van der Waals surface area contributed by atoms with E-state index in [9.17, 15) is 28.7 Å². The topological polar surface area (TPSA) is 142 Å². The molecule has 9 nitrogen and oxygen atoms in total. The number of unbranched alkanes of at least 4 members (excludes halogenated alkanes) is 15. The number of ether oxygens (including phenoxy) is 2. The molecule has 0 spiro atoms. The third-order valence-corrected chi connectivity index (χ3v) is 7.58. The van der Waals surface area contributed by atoms with Crippen LogP contribution in [0.2, 0.25) is 0 Å². The van der Waals surface area contributed by atoms with E-state index < -0.39 is 32.5 Å². The quantitative estimate of drug-likeness (QED) is 0.0522. The second-order valence-corrected chi connectivity index (χ2v) is 12.5. The number of phosphoric ester groups is 1. The number of hydrogen-bond donors (Lipinski definition) is 0. The molecule has 0 aromatic heterocycles. The summed E-state index contributed by atoms with van der Waals surface area (Å²) in [6.45, 7) is 2.73. The molecule has 0 saturated heterocycles. The molecule has 0 rings (SSSR count). The molecule has 0 unspecified atom stereocenters. The smallest absolute Gasteiger partial charge is 0.790 e. The molecule has 0 aromatic rings. The van der Waals surface area contributed by atoms with Gasteiger partial charge in [0.15, 0.2) is 11.2 Å². The van der Waals surface area contributed by atoms with E-state index in [0.29, 0.717) is 12.8 Å². The van der Waals surface area contributed by atoms with Crippen LogP contribution in [0.5, 0.6) is 0 Å². The van der Waals surface area contributed by atoms with Gasteiger partial charge in [0.1, 0.15) is 6.61 Å². The summed E-state index contributed by atoms with van der Waals surface area (Å²) in [4.78, 5) is 56.8. The fourth-order valence-electron chi connectivity index (χ4n) is 4.02. The van der Waals surface area contributed by atoms with Gasteiger partial charge >= 0.3 is 71.1 Å². The summed E-state index contributed by atoms with van der Waals surface area (Å²) in [6.07, 6.45) is 17.4. The molecule has 0 heterocycles. The van der Waals surface area contributed by atoms with E-state index in [-0.39, 0.29) is 83.7 Å². The van der Waals surface area contributed by atoms with Crippen molar-refractivity contribution in [2.75, 3.05) is 19.0 Å². The zero-order valence-corrected chi connectivity index (χ0v) is 31.9. The van der Waals surface area contributed by atoms with Gasteiger partial charge in [-0.3, -0.25) is 14.4 Å². The van der Waals surface area contributed by atoms with Crippen LogP contribution >= 0.6 is 19.6 Å². The number of thioether (sulfide) groups is 1. The van der Waals surface area contributed by atoms with Gasteiger partial charge in [-0.2, -0.15) is 0 Å². The number of esters is 2. The fraction of sp³-hybridized carbons (Fsp3) is 0.893. The summed E-state index contributed by atoms with van der Waals surface area (Å²) in [5, 5.41) is 0.136. The number of phosphoric acid groups is 1. The van der Waals surface area contributed by atoms with E-state index in [1.165, 1.54) is 56.7 Å². The molecule has 0 saturated carbocycles. The number of carbonyl (C=O) groups is 3. The van der Waals surface area contributed by atoms with Crippen molar-refractivity contribution in [2.45, 2.75) is 142 Å². The molecule has 0 aliphatic carbocycles. The summed E-state index contributed by atoms with van der Waals surface area (Å²) < 4.78 is 25.5. The van der Waals surface area contributed by atoms with Crippen molar-refractivity contribution in [3.8, 4) is 0 Å². The molecule has 1 atom stereocenters. The standard InChI is InChI=1S/C28H53O9PS.2Na/c1-3-4-5-6-7-8-9-10-11-15-18-21-28(31)37-26(24-36-38(32,33)34)23-35-27(30)20-17-14-12-13-16-19-22-39-25(2)29;;/h26H,3-24H2,1-2H3,(H2,32,33,34);;/q;2*+1/p-2/t26-;;/m1../s1. The molecule has 230 valence electrons. The van der Waals surface area contributed by atoms with E-state index >= 15 is 0 Å². The third-order valence-electron chi connectivity index (χ3n) is 6.21. The Morgan fingerprint density at radius 1 is 0.683 bits per heavy atom. The number of hydrogen-bond acceptors (Lipinski definition) is 10. The molecule has 0 fully saturated rings. The zero-order valence-electron chi connectivity index (χ0n) is 26.2. The fourth-order valence-corrected chi connectivity index (χ4v) is 5.01. The molecule has 0 bridgehead atoms. The van der Waals surface area contributed by atoms with Crippen molar-refractivity contribution < 1.29 is 102 Å². The summed E-state index contributed by atoms with van der Waals surface area (Å²) >= 11 is 1.34. The van der Waals surface area contributed by atoms with Gasteiger partial charge in [0.2, 0.25) is 0 Å². The van der Waals surface area contributed by atoms with Crippen LogP contribution in [0.4, 0.5) is 0 Å². The van der Waals surface area contributed by atoms with Crippen molar-refractivity contribution in [1.82, 2.24) is 0 Å². The summed E-state index contributed by atoms with van der Waals surface area (Å²) in [7, 11) is -5.25. The van der Waals surface area contributed by atoms with Gasteiger partial charge in [0.05, 0.1) is 14.4 Å². The monoisotopic (exact) mass is 640 g/mol. The van der Waals surface area contributed by atoms with Crippen molar-refractivity contribution >= 4 is 36.6 Å². The molecule has 0 amide bonds. The van der Waals surface area contributed by atoms with Gasteiger partial charge in [-0.05, 0) is 19.3 Å². The van der Waals surface area contributed by atoms with E-state index in [1.807, 2.05) is 0 Å². The average molecular weight is 641 g/mol. The Morgan fingerprint density at radius 3 is 1.59 bits per heavy atom. The second-order valence-electron chi connectivity index (χ2n) is 10.0. The maximum absolute atomic E-state index is 12.2. The predicted molar refractivity (Wildman–Crippen MR) is 151 cm³/mol. The maximum atomic E-state index is 12.2. The largest absolute Gasteiger partial charge is 1.00 e. The van der Waals surface area contributed by atoms with E-state index in [1.54, 1.807) is 6.92 Å². The third kappa shape index (κ3) is 37.2. The van der Waals surface area contributed by atoms with Crippen LogP contribution in [-0.4, -0.2) is 42.1 Å². The molecule has 0 N–H and O–H groups in total.